The van der Waals surface area contributed by atoms with E-state index in [2.05, 4.69) is 18.7 Å². The molecule has 3 nitrogen and oxygen atoms in total. The molecule has 0 radical (unpaired) electrons. The maximum atomic E-state index is 5.79. The molecule has 1 unspecified atom stereocenters. The van der Waals surface area contributed by atoms with Crippen LogP contribution in [0.4, 0.5) is 0 Å². The average Bonchev–Trinajstić information content (AvgIpc) is 2.26. The molecule has 0 aromatic rings. The molecular formula is C12H26N2O. The van der Waals surface area contributed by atoms with E-state index in [0.717, 1.165) is 13.1 Å². The molecule has 1 atom stereocenters. The molecule has 0 aromatic heterocycles. The van der Waals surface area contributed by atoms with Gasteiger partial charge in [0.1, 0.15) is 0 Å². The lowest BCUT2D eigenvalue weighted by atomic mass is 9.94. The van der Waals surface area contributed by atoms with Crippen LogP contribution in [0.5, 0.6) is 0 Å². The predicted octanol–water partition coefficient (Wildman–Crippen LogP) is 1.33. The fourth-order valence-corrected chi connectivity index (χ4v) is 2.22. The van der Waals surface area contributed by atoms with Gasteiger partial charge in [-0.25, -0.2) is 0 Å². The Morgan fingerprint density at radius 2 is 1.93 bits per heavy atom. The van der Waals surface area contributed by atoms with Gasteiger partial charge < -0.3 is 15.4 Å². The second-order valence-corrected chi connectivity index (χ2v) is 4.98. The number of rotatable bonds is 5. The van der Waals surface area contributed by atoms with Crippen LogP contribution < -0.4 is 5.73 Å². The van der Waals surface area contributed by atoms with Crippen molar-refractivity contribution >= 4 is 0 Å². The SMILES string of the molecule is COC1CCN(CC(CN)C(C)C)CC1. The summed E-state index contributed by atoms with van der Waals surface area (Å²) in [5, 5.41) is 0. The number of likely N-dealkylation sites (tertiary alicyclic amines) is 1. The first-order valence-electron chi connectivity index (χ1n) is 6.12. The number of hydrogen-bond donors (Lipinski definition) is 1. The van der Waals surface area contributed by atoms with Gasteiger partial charge in [0, 0.05) is 26.7 Å². The Morgan fingerprint density at radius 1 is 1.33 bits per heavy atom. The molecule has 1 rings (SSSR count). The molecule has 0 aromatic carbocycles. The molecule has 0 aliphatic carbocycles. The summed E-state index contributed by atoms with van der Waals surface area (Å²) in [4.78, 5) is 2.53. The van der Waals surface area contributed by atoms with Gasteiger partial charge in [0.05, 0.1) is 6.10 Å². The van der Waals surface area contributed by atoms with Crippen molar-refractivity contribution < 1.29 is 4.74 Å². The van der Waals surface area contributed by atoms with E-state index >= 15 is 0 Å². The summed E-state index contributed by atoms with van der Waals surface area (Å²) < 4.78 is 5.37. The van der Waals surface area contributed by atoms with Crippen molar-refractivity contribution in [1.82, 2.24) is 4.90 Å². The van der Waals surface area contributed by atoms with Crippen molar-refractivity contribution in [2.24, 2.45) is 17.6 Å². The molecule has 0 bridgehead atoms. The molecule has 3 heteroatoms. The van der Waals surface area contributed by atoms with E-state index in [-0.39, 0.29) is 0 Å². The van der Waals surface area contributed by atoms with Gasteiger partial charge in [-0.15, -0.1) is 0 Å². The zero-order chi connectivity index (χ0) is 11.3. The zero-order valence-electron chi connectivity index (χ0n) is 10.4. The predicted molar refractivity (Wildman–Crippen MR) is 63.9 cm³/mol. The highest BCUT2D eigenvalue weighted by molar-refractivity contribution is 4.76. The maximum Gasteiger partial charge on any atom is 0.0595 e. The van der Waals surface area contributed by atoms with Crippen molar-refractivity contribution in [3.8, 4) is 0 Å². The van der Waals surface area contributed by atoms with Gasteiger partial charge in [0.25, 0.3) is 0 Å². The molecule has 1 aliphatic rings. The molecule has 0 amide bonds. The van der Waals surface area contributed by atoms with E-state index in [1.165, 1.54) is 25.9 Å². The van der Waals surface area contributed by atoms with Gasteiger partial charge in [0.2, 0.25) is 0 Å². The highest BCUT2D eigenvalue weighted by Gasteiger charge is 2.21. The van der Waals surface area contributed by atoms with Gasteiger partial charge in [-0.2, -0.15) is 0 Å². The molecule has 15 heavy (non-hydrogen) atoms. The van der Waals surface area contributed by atoms with Crippen LogP contribution in [0.15, 0.2) is 0 Å². The van der Waals surface area contributed by atoms with Crippen molar-refractivity contribution in [3.63, 3.8) is 0 Å². The molecule has 2 N–H and O–H groups in total. The van der Waals surface area contributed by atoms with E-state index in [1.807, 2.05) is 7.11 Å². The molecule has 0 saturated carbocycles. The number of hydrogen-bond acceptors (Lipinski definition) is 3. The van der Waals surface area contributed by atoms with E-state index in [0.29, 0.717) is 17.9 Å². The summed E-state index contributed by atoms with van der Waals surface area (Å²) in [5.41, 5.74) is 5.79. The van der Waals surface area contributed by atoms with Crippen LogP contribution in [0, 0.1) is 11.8 Å². The lowest BCUT2D eigenvalue weighted by Gasteiger charge is -2.34. The van der Waals surface area contributed by atoms with E-state index in [1.54, 1.807) is 0 Å². The minimum absolute atomic E-state index is 0.483. The Labute approximate surface area is 94.0 Å². The Kier molecular flexibility index (Phi) is 5.58. The highest BCUT2D eigenvalue weighted by atomic mass is 16.5. The van der Waals surface area contributed by atoms with E-state index in [9.17, 15) is 0 Å². The Bertz CT molecular complexity index is 165. The lowest BCUT2D eigenvalue weighted by molar-refractivity contribution is 0.0347. The Morgan fingerprint density at radius 3 is 2.33 bits per heavy atom. The maximum absolute atomic E-state index is 5.79. The summed E-state index contributed by atoms with van der Waals surface area (Å²) in [6, 6.07) is 0. The monoisotopic (exact) mass is 214 g/mol. The summed E-state index contributed by atoms with van der Waals surface area (Å²) in [7, 11) is 1.82. The molecule has 1 saturated heterocycles. The number of nitrogens with zero attached hydrogens (tertiary/aromatic N) is 1. The van der Waals surface area contributed by atoms with Crippen LogP contribution in [0.2, 0.25) is 0 Å². The van der Waals surface area contributed by atoms with Crippen molar-refractivity contribution in [2.75, 3.05) is 33.3 Å². The van der Waals surface area contributed by atoms with E-state index < -0.39 is 0 Å². The smallest absolute Gasteiger partial charge is 0.0595 e. The van der Waals surface area contributed by atoms with Gasteiger partial charge in [-0.05, 0) is 31.2 Å². The lowest BCUT2D eigenvalue weighted by Crippen LogP contribution is -2.42. The van der Waals surface area contributed by atoms with Crippen LogP contribution in [-0.4, -0.2) is 44.3 Å². The van der Waals surface area contributed by atoms with Gasteiger partial charge in [-0.1, -0.05) is 13.8 Å². The minimum atomic E-state index is 0.483. The second kappa shape index (κ2) is 6.46. The fraction of sp³-hybridized carbons (Fsp3) is 1.00. The van der Waals surface area contributed by atoms with Crippen LogP contribution in [0.25, 0.3) is 0 Å². The van der Waals surface area contributed by atoms with Crippen molar-refractivity contribution in [2.45, 2.75) is 32.8 Å². The molecule has 1 aliphatic heterocycles. The molecule has 0 spiro atoms. The summed E-state index contributed by atoms with van der Waals surface area (Å²) in [5.74, 6) is 1.33. The van der Waals surface area contributed by atoms with Gasteiger partial charge in [0.15, 0.2) is 0 Å². The first-order chi connectivity index (χ1) is 7.17. The second-order valence-electron chi connectivity index (χ2n) is 4.98. The quantitative estimate of drug-likeness (QED) is 0.750. The molecular weight excluding hydrogens is 188 g/mol. The number of methoxy groups -OCH3 is 1. The standard InChI is InChI=1S/C12H26N2O/c1-10(2)11(8-13)9-14-6-4-12(15-3)5-7-14/h10-12H,4-9,13H2,1-3H3. The molecule has 1 fully saturated rings. The third-order valence-electron chi connectivity index (χ3n) is 3.61. The summed E-state index contributed by atoms with van der Waals surface area (Å²) in [6.07, 6.45) is 2.83. The minimum Gasteiger partial charge on any atom is -0.381 e. The largest absolute Gasteiger partial charge is 0.381 e. The third kappa shape index (κ3) is 4.09. The van der Waals surface area contributed by atoms with Crippen LogP contribution >= 0.6 is 0 Å². The highest BCUT2D eigenvalue weighted by Crippen LogP contribution is 2.17. The summed E-state index contributed by atoms with van der Waals surface area (Å²) in [6.45, 7) is 8.83. The normalized spacial score (nSPS) is 22.2. The Balaban J connectivity index is 2.28. The third-order valence-corrected chi connectivity index (χ3v) is 3.61. The molecule has 1 heterocycles. The summed E-state index contributed by atoms with van der Waals surface area (Å²) >= 11 is 0. The van der Waals surface area contributed by atoms with Gasteiger partial charge in [-0.3, -0.25) is 0 Å². The zero-order valence-corrected chi connectivity index (χ0v) is 10.4. The number of nitrogens with two attached hydrogens (primary N) is 1. The fourth-order valence-electron chi connectivity index (χ4n) is 2.22. The average molecular weight is 214 g/mol. The van der Waals surface area contributed by atoms with E-state index in [4.69, 9.17) is 10.5 Å². The van der Waals surface area contributed by atoms with Crippen molar-refractivity contribution in [3.05, 3.63) is 0 Å². The first kappa shape index (κ1) is 12.9. The first-order valence-corrected chi connectivity index (χ1v) is 6.12. The Hall–Kier alpha value is -0.120. The number of piperidine rings is 1. The molecule has 90 valence electrons. The number of ether oxygens (including phenoxy) is 1. The van der Waals surface area contributed by atoms with Crippen molar-refractivity contribution in [1.29, 1.82) is 0 Å². The van der Waals surface area contributed by atoms with Gasteiger partial charge >= 0.3 is 0 Å². The van der Waals surface area contributed by atoms with Crippen LogP contribution in [-0.2, 0) is 4.74 Å². The van der Waals surface area contributed by atoms with Crippen LogP contribution in [0.1, 0.15) is 26.7 Å². The van der Waals surface area contributed by atoms with Crippen LogP contribution in [0.3, 0.4) is 0 Å². The topological polar surface area (TPSA) is 38.5 Å².